The molecule has 0 N–H and O–H groups in total. The summed E-state index contributed by atoms with van der Waals surface area (Å²) < 4.78 is 0. The van der Waals surface area contributed by atoms with Crippen LogP contribution in [0.4, 0.5) is 0 Å². The first-order valence-corrected chi connectivity index (χ1v) is 19.1. The monoisotopic (exact) mass is 707 g/mol. The molecule has 1 aliphatic carbocycles. The minimum Gasteiger partial charge on any atom is -0.192 e. The summed E-state index contributed by atoms with van der Waals surface area (Å²) in [6.45, 7) is 0. The van der Waals surface area contributed by atoms with Gasteiger partial charge >= 0.3 is 0 Å². The van der Waals surface area contributed by atoms with Crippen molar-refractivity contribution >= 4 is 32.3 Å². The topological polar surface area (TPSA) is 23.8 Å². The molecule has 0 aliphatic heterocycles. The first-order chi connectivity index (χ1) is 27.7. The number of nitrogens with zero attached hydrogens (tertiary/aromatic N) is 1. The Morgan fingerprint density at radius 3 is 1.38 bits per heavy atom. The number of fused-ring (bicyclic) bond motifs is 5. The molecule has 0 amide bonds. The Labute approximate surface area is 326 Å². The molecule has 0 heterocycles. The summed E-state index contributed by atoms with van der Waals surface area (Å²) >= 11 is 0. The van der Waals surface area contributed by atoms with Crippen LogP contribution in [0.25, 0.3) is 110 Å². The van der Waals surface area contributed by atoms with Gasteiger partial charge in [0, 0.05) is 0 Å². The summed E-state index contributed by atoms with van der Waals surface area (Å²) in [7, 11) is 0. The lowest BCUT2D eigenvalue weighted by Gasteiger charge is -2.20. The third-order valence-electron chi connectivity index (χ3n) is 11.6. The average Bonchev–Trinajstić information content (AvgIpc) is 3.60. The summed E-state index contributed by atoms with van der Waals surface area (Å²) in [4.78, 5) is 0. The van der Waals surface area contributed by atoms with Crippen LogP contribution in [0.15, 0.2) is 200 Å². The molecule has 1 nitrogen and oxygen atoms in total. The van der Waals surface area contributed by atoms with Crippen molar-refractivity contribution in [3.05, 3.63) is 206 Å². The standard InChI is InChI=1S/C55H33N/c56-34-35-11-9-16-40(31-35)42-27-28-43-32-41(25-26-44(43)33-42)36-21-23-37(24-22-36)45-29-30-50-53-46(45)19-10-20-49(53)54-51(38-12-3-1-4-13-38)47-17-7-8-18-48(47)52(55(50)54)39-14-5-2-6-15-39/h1-33H. The second-order valence-corrected chi connectivity index (χ2v) is 14.7. The van der Waals surface area contributed by atoms with Crippen LogP contribution in [-0.4, -0.2) is 0 Å². The largest absolute Gasteiger partial charge is 0.192 e. The van der Waals surface area contributed by atoms with E-state index in [1.807, 2.05) is 18.2 Å². The molecule has 0 radical (unpaired) electrons. The number of hydrogen-bond donors (Lipinski definition) is 0. The number of hydrogen-bond acceptors (Lipinski definition) is 1. The summed E-state index contributed by atoms with van der Waals surface area (Å²) in [5.74, 6) is 0. The van der Waals surface area contributed by atoms with Crippen molar-refractivity contribution in [3.8, 4) is 84.0 Å². The van der Waals surface area contributed by atoms with Gasteiger partial charge in [-0.25, -0.2) is 0 Å². The van der Waals surface area contributed by atoms with Crippen molar-refractivity contribution in [2.75, 3.05) is 0 Å². The predicted molar refractivity (Wildman–Crippen MR) is 235 cm³/mol. The highest BCUT2D eigenvalue weighted by Crippen LogP contribution is 2.58. The van der Waals surface area contributed by atoms with Gasteiger partial charge in [-0.2, -0.15) is 5.26 Å². The third kappa shape index (κ3) is 5.01. The third-order valence-corrected chi connectivity index (χ3v) is 11.6. The van der Waals surface area contributed by atoms with E-state index in [0.29, 0.717) is 5.56 Å². The Morgan fingerprint density at radius 1 is 0.286 bits per heavy atom. The van der Waals surface area contributed by atoms with Crippen LogP contribution in [0.2, 0.25) is 0 Å². The molecule has 258 valence electrons. The summed E-state index contributed by atoms with van der Waals surface area (Å²) in [5.41, 5.74) is 18.0. The van der Waals surface area contributed by atoms with E-state index in [9.17, 15) is 5.26 Å². The fourth-order valence-electron chi connectivity index (χ4n) is 9.08. The molecule has 0 unspecified atom stereocenters. The molecule has 0 saturated heterocycles. The maximum atomic E-state index is 9.38. The van der Waals surface area contributed by atoms with Gasteiger partial charge in [-0.1, -0.05) is 176 Å². The van der Waals surface area contributed by atoms with E-state index < -0.39 is 0 Å². The lowest BCUT2D eigenvalue weighted by atomic mass is 9.82. The van der Waals surface area contributed by atoms with E-state index in [-0.39, 0.29) is 0 Å². The van der Waals surface area contributed by atoms with Gasteiger partial charge in [0.1, 0.15) is 0 Å². The van der Waals surface area contributed by atoms with Crippen LogP contribution in [-0.2, 0) is 0 Å². The van der Waals surface area contributed by atoms with Crippen molar-refractivity contribution in [1.82, 2.24) is 0 Å². The Hall–Kier alpha value is -7.53. The Morgan fingerprint density at radius 2 is 0.750 bits per heavy atom. The summed E-state index contributed by atoms with van der Waals surface area (Å²) in [6.07, 6.45) is 0. The molecule has 11 rings (SSSR count). The molecule has 0 aromatic heterocycles. The minimum atomic E-state index is 0.673. The first-order valence-electron chi connectivity index (χ1n) is 19.1. The highest BCUT2D eigenvalue weighted by molar-refractivity contribution is 6.28. The molecule has 0 spiro atoms. The van der Waals surface area contributed by atoms with Crippen LogP contribution >= 0.6 is 0 Å². The maximum absolute atomic E-state index is 9.38. The molecule has 0 atom stereocenters. The predicted octanol–water partition coefficient (Wildman–Crippen LogP) is 15.0. The van der Waals surface area contributed by atoms with Gasteiger partial charge in [0.05, 0.1) is 11.6 Å². The lowest BCUT2D eigenvalue weighted by molar-refractivity contribution is 1.48. The van der Waals surface area contributed by atoms with Crippen molar-refractivity contribution in [2.24, 2.45) is 0 Å². The van der Waals surface area contributed by atoms with E-state index in [2.05, 4.69) is 188 Å². The fraction of sp³-hybridized carbons (Fsp3) is 0. The molecular formula is C55H33N. The molecular weight excluding hydrogens is 675 g/mol. The zero-order chi connectivity index (χ0) is 37.2. The zero-order valence-electron chi connectivity index (χ0n) is 30.5. The molecule has 10 aromatic carbocycles. The summed E-state index contributed by atoms with van der Waals surface area (Å²) in [5, 5.41) is 16.9. The molecule has 1 aliphatic rings. The average molecular weight is 708 g/mol. The van der Waals surface area contributed by atoms with E-state index in [0.717, 1.165) is 11.1 Å². The van der Waals surface area contributed by atoms with Crippen molar-refractivity contribution in [2.45, 2.75) is 0 Å². The number of rotatable bonds is 5. The second-order valence-electron chi connectivity index (χ2n) is 14.7. The lowest BCUT2D eigenvalue weighted by Crippen LogP contribution is -1.93. The Kier molecular flexibility index (Phi) is 7.31. The van der Waals surface area contributed by atoms with E-state index in [1.54, 1.807) is 0 Å². The van der Waals surface area contributed by atoms with Crippen LogP contribution in [0.1, 0.15) is 5.56 Å². The van der Waals surface area contributed by atoms with Gasteiger partial charge in [-0.05, 0) is 134 Å². The zero-order valence-corrected chi connectivity index (χ0v) is 30.5. The Bertz CT molecular complexity index is 3130. The van der Waals surface area contributed by atoms with Crippen molar-refractivity contribution in [3.63, 3.8) is 0 Å². The summed E-state index contributed by atoms with van der Waals surface area (Å²) in [6, 6.07) is 74.7. The van der Waals surface area contributed by atoms with E-state index >= 15 is 0 Å². The van der Waals surface area contributed by atoms with Gasteiger partial charge in [0.2, 0.25) is 0 Å². The fourth-order valence-corrected chi connectivity index (χ4v) is 9.08. The molecule has 56 heavy (non-hydrogen) atoms. The van der Waals surface area contributed by atoms with Gasteiger partial charge < -0.3 is 0 Å². The second kappa shape index (κ2) is 12.8. The number of nitriles is 1. The Balaban J connectivity index is 1.03. The van der Waals surface area contributed by atoms with Gasteiger partial charge in [0.15, 0.2) is 0 Å². The van der Waals surface area contributed by atoms with Crippen molar-refractivity contribution in [1.29, 1.82) is 5.26 Å². The van der Waals surface area contributed by atoms with Crippen LogP contribution in [0, 0.1) is 11.3 Å². The molecule has 0 bridgehead atoms. The van der Waals surface area contributed by atoms with Gasteiger partial charge in [-0.15, -0.1) is 0 Å². The SMILES string of the molecule is N#Cc1cccc(-c2ccc3cc(-c4ccc(-c5ccc6c7c(cccc57)-c5c-6c(-c6ccccc6)c6ccccc6c5-c5ccccc5)cc4)ccc3c2)c1. The smallest absolute Gasteiger partial charge is 0.0991 e. The minimum absolute atomic E-state index is 0.673. The normalized spacial score (nSPS) is 11.6. The van der Waals surface area contributed by atoms with Gasteiger partial charge in [0.25, 0.3) is 0 Å². The first kappa shape index (κ1) is 31.9. The quantitative estimate of drug-likeness (QED) is 0.175. The highest BCUT2D eigenvalue weighted by atomic mass is 14.3. The maximum Gasteiger partial charge on any atom is 0.0991 e. The van der Waals surface area contributed by atoms with Gasteiger partial charge in [-0.3, -0.25) is 0 Å². The van der Waals surface area contributed by atoms with Crippen molar-refractivity contribution < 1.29 is 0 Å². The van der Waals surface area contributed by atoms with E-state index in [4.69, 9.17) is 0 Å². The van der Waals surface area contributed by atoms with Crippen LogP contribution in [0.5, 0.6) is 0 Å². The highest BCUT2D eigenvalue weighted by Gasteiger charge is 2.31. The number of benzene rings is 10. The van der Waals surface area contributed by atoms with Crippen LogP contribution < -0.4 is 0 Å². The molecule has 1 heteroatoms. The molecule has 10 aromatic rings. The molecule has 0 fully saturated rings. The van der Waals surface area contributed by atoms with E-state index in [1.165, 1.54) is 99.1 Å². The molecule has 0 saturated carbocycles. The van der Waals surface area contributed by atoms with Crippen LogP contribution in [0.3, 0.4) is 0 Å².